The van der Waals surface area contributed by atoms with Crippen LogP contribution >= 0.6 is 0 Å². The van der Waals surface area contributed by atoms with Crippen molar-refractivity contribution in [1.82, 2.24) is 4.90 Å². The van der Waals surface area contributed by atoms with Crippen LogP contribution < -0.4 is 5.73 Å². The van der Waals surface area contributed by atoms with E-state index in [0.29, 0.717) is 19.7 Å². The molecular weight excluding hydrogens is 224 g/mol. The van der Waals surface area contributed by atoms with Crippen LogP contribution in [0.4, 0.5) is 0 Å². The predicted octanol–water partition coefficient (Wildman–Crippen LogP) is -0.484. The van der Waals surface area contributed by atoms with E-state index in [0.717, 1.165) is 12.8 Å². The van der Waals surface area contributed by atoms with Crippen molar-refractivity contribution in [3.8, 4) is 0 Å². The van der Waals surface area contributed by atoms with Crippen LogP contribution in [0.25, 0.3) is 0 Å². The summed E-state index contributed by atoms with van der Waals surface area (Å²) < 4.78 is 10.2. The third-order valence-corrected chi connectivity index (χ3v) is 2.71. The summed E-state index contributed by atoms with van der Waals surface area (Å²) in [6.45, 7) is 3.45. The largest absolute Gasteiger partial charge is 0.464 e. The lowest BCUT2D eigenvalue weighted by Gasteiger charge is -2.31. The predicted molar refractivity (Wildman–Crippen MR) is 61.2 cm³/mol. The standard InChI is InChI=1S/C11H20N2O4/c1-2-16-11(15)8-17-9-3-5-13(6-4-9)10(14)7-12/h9H,2-8,12H2,1H3. The second kappa shape index (κ2) is 7.24. The van der Waals surface area contributed by atoms with E-state index in [1.807, 2.05) is 0 Å². The smallest absolute Gasteiger partial charge is 0.332 e. The number of carbonyl (C=O) groups is 2. The highest BCUT2D eigenvalue weighted by atomic mass is 16.6. The SMILES string of the molecule is CCOC(=O)COC1CCN(C(=O)CN)CC1. The number of ether oxygens (including phenoxy) is 2. The molecule has 0 aliphatic carbocycles. The molecule has 0 bridgehead atoms. The number of nitrogens with zero attached hydrogens (tertiary/aromatic N) is 1. The van der Waals surface area contributed by atoms with Gasteiger partial charge in [-0.25, -0.2) is 4.79 Å². The zero-order chi connectivity index (χ0) is 12.7. The van der Waals surface area contributed by atoms with Gasteiger partial charge in [0.25, 0.3) is 0 Å². The first-order valence-corrected chi connectivity index (χ1v) is 5.92. The number of rotatable bonds is 5. The van der Waals surface area contributed by atoms with Crippen molar-refractivity contribution in [2.45, 2.75) is 25.9 Å². The van der Waals surface area contributed by atoms with Gasteiger partial charge in [-0.1, -0.05) is 0 Å². The quantitative estimate of drug-likeness (QED) is 0.660. The monoisotopic (exact) mass is 244 g/mol. The van der Waals surface area contributed by atoms with E-state index in [2.05, 4.69) is 0 Å². The van der Waals surface area contributed by atoms with E-state index < -0.39 is 0 Å². The van der Waals surface area contributed by atoms with Gasteiger partial charge in [0.2, 0.25) is 5.91 Å². The third-order valence-electron chi connectivity index (χ3n) is 2.71. The van der Waals surface area contributed by atoms with Gasteiger partial charge in [-0.3, -0.25) is 4.79 Å². The van der Waals surface area contributed by atoms with Gasteiger partial charge in [0.15, 0.2) is 0 Å². The Morgan fingerprint density at radius 3 is 2.53 bits per heavy atom. The van der Waals surface area contributed by atoms with Crippen molar-refractivity contribution in [3.05, 3.63) is 0 Å². The Bertz CT molecular complexity index is 262. The van der Waals surface area contributed by atoms with Crippen LogP contribution in [-0.2, 0) is 19.1 Å². The lowest BCUT2D eigenvalue weighted by molar-refractivity contribution is -0.152. The molecule has 1 aliphatic rings. The Balaban J connectivity index is 2.19. The lowest BCUT2D eigenvalue weighted by Crippen LogP contribution is -2.43. The average molecular weight is 244 g/mol. The molecule has 0 saturated carbocycles. The topological polar surface area (TPSA) is 81.9 Å². The van der Waals surface area contributed by atoms with Crippen LogP contribution in [-0.4, -0.2) is 55.7 Å². The van der Waals surface area contributed by atoms with Gasteiger partial charge in [0.05, 0.1) is 19.3 Å². The number of nitrogens with two attached hydrogens (primary N) is 1. The number of carbonyl (C=O) groups excluding carboxylic acids is 2. The van der Waals surface area contributed by atoms with Crippen molar-refractivity contribution in [3.63, 3.8) is 0 Å². The first-order chi connectivity index (χ1) is 8.17. The van der Waals surface area contributed by atoms with Crippen LogP contribution in [0.1, 0.15) is 19.8 Å². The molecule has 1 rings (SSSR count). The highest BCUT2D eigenvalue weighted by Crippen LogP contribution is 2.13. The Morgan fingerprint density at radius 2 is 2.00 bits per heavy atom. The maximum Gasteiger partial charge on any atom is 0.332 e. The Hall–Kier alpha value is -1.14. The van der Waals surface area contributed by atoms with Crippen LogP contribution in [0.3, 0.4) is 0 Å². The van der Waals surface area contributed by atoms with Crippen LogP contribution in [0.5, 0.6) is 0 Å². The van der Waals surface area contributed by atoms with Gasteiger partial charge in [0.1, 0.15) is 6.61 Å². The summed E-state index contributed by atoms with van der Waals surface area (Å²) in [4.78, 5) is 24.1. The minimum absolute atomic E-state index is 0.0106. The molecule has 6 nitrogen and oxygen atoms in total. The number of hydrogen-bond acceptors (Lipinski definition) is 5. The van der Waals surface area contributed by atoms with E-state index >= 15 is 0 Å². The molecule has 0 radical (unpaired) electrons. The van der Waals surface area contributed by atoms with Gasteiger partial charge in [-0.2, -0.15) is 0 Å². The molecule has 0 unspecified atom stereocenters. The van der Waals surface area contributed by atoms with Crippen molar-refractivity contribution in [1.29, 1.82) is 0 Å². The van der Waals surface area contributed by atoms with E-state index in [-0.39, 0.29) is 31.1 Å². The van der Waals surface area contributed by atoms with Crippen molar-refractivity contribution in [2.75, 3.05) is 32.8 Å². The summed E-state index contributed by atoms with van der Waals surface area (Å²) in [6.07, 6.45) is 1.51. The summed E-state index contributed by atoms with van der Waals surface area (Å²) in [5.41, 5.74) is 5.29. The zero-order valence-electron chi connectivity index (χ0n) is 10.2. The Morgan fingerprint density at radius 1 is 1.35 bits per heavy atom. The average Bonchev–Trinajstić information content (AvgIpc) is 2.36. The summed E-state index contributed by atoms with van der Waals surface area (Å²) in [5, 5.41) is 0. The van der Waals surface area contributed by atoms with Crippen LogP contribution in [0, 0.1) is 0 Å². The number of amides is 1. The van der Waals surface area contributed by atoms with Gasteiger partial charge in [-0.15, -0.1) is 0 Å². The second-order valence-corrected chi connectivity index (χ2v) is 3.90. The fourth-order valence-electron chi connectivity index (χ4n) is 1.79. The highest BCUT2D eigenvalue weighted by Gasteiger charge is 2.22. The molecule has 0 aromatic heterocycles. The number of likely N-dealkylation sites (tertiary alicyclic amines) is 1. The zero-order valence-corrected chi connectivity index (χ0v) is 10.2. The van der Waals surface area contributed by atoms with Crippen molar-refractivity contribution < 1.29 is 19.1 Å². The molecule has 6 heteroatoms. The molecule has 1 amide bonds. The van der Waals surface area contributed by atoms with Crippen molar-refractivity contribution in [2.24, 2.45) is 5.73 Å². The molecule has 0 atom stereocenters. The normalized spacial score (nSPS) is 16.9. The fourth-order valence-corrected chi connectivity index (χ4v) is 1.79. The molecular formula is C11H20N2O4. The molecule has 0 aromatic carbocycles. The number of esters is 1. The number of hydrogen-bond donors (Lipinski definition) is 1. The molecule has 98 valence electrons. The van der Waals surface area contributed by atoms with Gasteiger partial charge in [-0.05, 0) is 19.8 Å². The lowest BCUT2D eigenvalue weighted by atomic mass is 10.1. The summed E-state index contributed by atoms with van der Waals surface area (Å²) in [7, 11) is 0. The second-order valence-electron chi connectivity index (χ2n) is 3.90. The van der Waals surface area contributed by atoms with Crippen LogP contribution in [0.15, 0.2) is 0 Å². The van der Waals surface area contributed by atoms with E-state index in [1.165, 1.54) is 0 Å². The van der Waals surface area contributed by atoms with E-state index in [9.17, 15) is 9.59 Å². The summed E-state index contributed by atoms with van der Waals surface area (Å²) >= 11 is 0. The van der Waals surface area contributed by atoms with Crippen molar-refractivity contribution >= 4 is 11.9 Å². The molecule has 0 spiro atoms. The fraction of sp³-hybridized carbons (Fsp3) is 0.818. The molecule has 1 fully saturated rings. The number of piperidine rings is 1. The molecule has 2 N–H and O–H groups in total. The highest BCUT2D eigenvalue weighted by molar-refractivity contribution is 5.78. The maximum absolute atomic E-state index is 11.3. The van der Waals surface area contributed by atoms with E-state index in [4.69, 9.17) is 15.2 Å². The van der Waals surface area contributed by atoms with Crippen LogP contribution in [0.2, 0.25) is 0 Å². The van der Waals surface area contributed by atoms with Gasteiger partial charge >= 0.3 is 5.97 Å². The Labute approximate surface area is 101 Å². The minimum Gasteiger partial charge on any atom is -0.464 e. The minimum atomic E-state index is -0.340. The summed E-state index contributed by atoms with van der Waals surface area (Å²) in [5.74, 6) is -0.373. The molecule has 1 heterocycles. The molecule has 1 saturated heterocycles. The Kier molecular flexibility index (Phi) is 5.93. The molecule has 0 aromatic rings. The first-order valence-electron chi connectivity index (χ1n) is 5.92. The molecule has 17 heavy (non-hydrogen) atoms. The third kappa shape index (κ3) is 4.70. The first kappa shape index (κ1) is 13.9. The summed E-state index contributed by atoms with van der Waals surface area (Å²) in [6, 6.07) is 0. The molecule has 1 aliphatic heterocycles. The van der Waals surface area contributed by atoms with E-state index in [1.54, 1.807) is 11.8 Å². The maximum atomic E-state index is 11.3. The van der Waals surface area contributed by atoms with Gasteiger partial charge in [0, 0.05) is 13.1 Å². The van der Waals surface area contributed by atoms with Gasteiger partial charge < -0.3 is 20.1 Å².